The number of amides is 2. The number of hydrogen-bond acceptors (Lipinski definition) is 3. The first-order valence-electron chi connectivity index (χ1n) is 7.23. The minimum Gasteiger partial charge on any atom is -0.495 e. The van der Waals surface area contributed by atoms with Gasteiger partial charge in [-0.1, -0.05) is 25.4 Å². The van der Waals surface area contributed by atoms with E-state index in [1.54, 1.807) is 18.2 Å². The van der Waals surface area contributed by atoms with E-state index in [1.807, 2.05) is 13.8 Å². The smallest absolute Gasteiger partial charge is 0.223 e. The van der Waals surface area contributed by atoms with Gasteiger partial charge >= 0.3 is 0 Å². The molecular formula is C16H23ClN2O3. The SMILES string of the molecule is COc1ccc(N(CCC(=O)NCC(C)C)C(C)=O)cc1Cl. The normalized spacial score (nSPS) is 10.5. The molecule has 1 aromatic carbocycles. The summed E-state index contributed by atoms with van der Waals surface area (Å²) in [6.45, 7) is 6.46. The number of nitrogens with zero attached hydrogens (tertiary/aromatic N) is 1. The Hall–Kier alpha value is -1.75. The second kappa shape index (κ2) is 8.63. The number of nitrogens with one attached hydrogen (secondary N) is 1. The lowest BCUT2D eigenvalue weighted by molar-refractivity contribution is -0.121. The number of halogens is 1. The van der Waals surface area contributed by atoms with Gasteiger partial charge in [0.05, 0.1) is 12.1 Å². The first kappa shape index (κ1) is 18.3. The van der Waals surface area contributed by atoms with Gasteiger partial charge in [0.15, 0.2) is 0 Å². The van der Waals surface area contributed by atoms with Crippen LogP contribution in [0.2, 0.25) is 5.02 Å². The molecule has 0 heterocycles. The van der Waals surface area contributed by atoms with Crippen LogP contribution in [-0.4, -0.2) is 32.0 Å². The molecule has 1 aromatic rings. The van der Waals surface area contributed by atoms with E-state index in [0.717, 1.165) is 0 Å². The lowest BCUT2D eigenvalue weighted by Crippen LogP contribution is -2.34. The summed E-state index contributed by atoms with van der Waals surface area (Å²) in [6.07, 6.45) is 0.246. The summed E-state index contributed by atoms with van der Waals surface area (Å²) < 4.78 is 5.09. The molecule has 0 aliphatic rings. The Balaban J connectivity index is 2.72. The van der Waals surface area contributed by atoms with Crippen LogP contribution in [0.1, 0.15) is 27.2 Å². The fourth-order valence-corrected chi connectivity index (χ4v) is 2.16. The zero-order valence-corrected chi connectivity index (χ0v) is 14.2. The standard InChI is InChI=1S/C16H23ClN2O3/c1-11(2)10-18-16(21)7-8-19(12(3)20)13-5-6-15(22-4)14(17)9-13/h5-6,9,11H,7-8,10H2,1-4H3,(H,18,21). The summed E-state index contributed by atoms with van der Waals surface area (Å²) in [7, 11) is 1.53. The van der Waals surface area contributed by atoms with Crippen LogP contribution in [-0.2, 0) is 9.59 Å². The van der Waals surface area contributed by atoms with Crippen LogP contribution >= 0.6 is 11.6 Å². The minimum absolute atomic E-state index is 0.0699. The Kier molecular flexibility index (Phi) is 7.18. The van der Waals surface area contributed by atoms with Crippen molar-refractivity contribution >= 4 is 29.1 Å². The lowest BCUT2D eigenvalue weighted by Gasteiger charge is -2.21. The van der Waals surface area contributed by atoms with Crippen molar-refractivity contribution in [1.82, 2.24) is 5.32 Å². The summed E-state index contributed by atoms with van der Waals surface area (Å²) in [5.74, 6) is 0.731. The number of carbonyl (C=O) groups is 2. The van der Waals surface area contributed by atoms with Crippen molar-refractivity contribution in [3.8, 4) is 5.75 Å². The van der Waals surface area contributed by atoms with E-state index in [2.05, 4.69) is 5.32 Å². The van der Waals surface area contributed by atoms with Gasteiger partial charge in [-0.25, -0.2) is 0 Å². The van der Waals surface area contributed by atoms with Gasteiger partial charge in [-0.05, 0) is 24.1 Å². The molecule has 0 aromatic heterocycles. The Morgan fingerprint density at radius 2 is 2.05 bits per heavy atom. The van der Waals surface area contributed by atoms with E-state index in [-0.39, 0.29) is 18.2 Å². The van der Waals surface area contributed by atoms with Crippen LogP contribution in [0.4, 0.5) is 5.69 Å². The second-order valence-corrected chi connectivity index (χ2v) is 5.84. The number of hydrogen-bond donors (Lipinski definition) is 1. The molecule has 1 rings (SSSR count). The summed E-state index contributed by atoms with van der Waals surface area (Å²) in [5, 5.41) is 3.26. The summed E-state index contributed by atoms with van der Waals surface area (Å²) in [5.41, 5.74) is 0.648. The highest BCUT2D eigenvalue weighted by atomic mass is 35.5. The van der Waals surface area contributed by atoms with Gasteiger partial charge in [0, 0.05) is 32.1 Å². The molecule has 0 bridgehead atoms. The highest BCUT2D eigenvalue weighted by Gasteiger charge is 2.15. The molecule has 0 saturated carbocycles. The average molecular weight is 327 g/mol. The van der Waals surface area contributed by atoms with Crippen LogP contribution in [0.3, 0.4) is 0 Å². The van der Waals surface area contributed by atoms with E-state index >= 15 is 0 Å². The Morgan fingerprint density at radius 1 is 1.36 bits per heavy atom. The molecule has 22 heavy (non-hydrogen) atoms. The monoisotopic (exact) mass is 326 g/mol. The van der Waals surface area contributed by atoms with Crippen molar-refractivity contribution in [2.24, 2.45) is 5.92 Å². The largest absolute Gasteiger partial charge is 0.495 e. The first-order chi connectivity index (χ1) is 10.3. The molecule has 0 unspecified atom stereocenters. The molecular weight excluding hydrogens is 304 g/mol. The van der Waals surface area contributed by atoms with E-state index in [1.165, 1.54) is 18.9 Å². The fourth-order valence-electron chi connectivity index (χ4n) is 1.91. The zero-order chi connectivity index (χ0) is 16.7. The molecule has 0 aliphatic heterocycles. The van der Waals surface area contributed by atoms with Gasteiger partial charge < -0.3 is 15.0 Å². The van der Waals surface area contributed by atoms with Gasteiger partial charge in [0.25, 0.3) is 0 Å². The highest BCUT2D eigenvalue weighted by Crippen LogP contribution is 2.29. The highest BCUT2D eigenvalue weighted by molar-refractivity contribution is 6.32. The van der Waals surface area contributed by atoms with Crippen LogP contribution in [0.15, 0.2) is 18.2 Å². The number of ether oxygens (including phenoxy) is 1. The van der Waals surface area contributed by atoms with Crippen LogP contribution in [0.25, 0.3) is 0 Å². The summed E-state index contributed by atoms with van der Waals surface area (Å²) in [6, 6.07) is 5.11. The number of benzene rings is 1. The maximum Gasteiger partial charge on any atom is 0.223 e. The van der Waals surface area contributed by atoms with E-state index in [0.29, 0.717) is 35.5 Å². The first-order valence-corrected chi connectivity index (χ1v) is 7.61. The third-order valence-electron chi connectivity index (χ3n) is 3.10. The van der Waals surface area contributed by atoms with Gasteiger partial charge in [-0.15, -0.1) is 0 Å². The quantitative estimate of drug-likeness (QED) is 0.838. The zero-order valence-electron chi connectivity index (χ0n) is 13.5. The molecule has 1 N–H and O–H groups in total. The van der Waals surface area contributed by atoms with Crippen LogP contribution < -0.4 is 15.0 Å². The molecule has 0 atom stereocenters. The van der Waals surface area contributed by atoms with Crippen molar-refractivity contribution in [2.75, 3.05) is 25.1 Å². The van der Waals surface area contributed by atoms with Crippen molar-refractivity contribution in [2.45, 2.75) is 27.2 Å². The van der Waals surface area contributed by atoms with Crippen molar-refractivity contribution < 1.29 is 14.3 Å². The second-order valence-electron chi connectivity index (χ2n) is 5.44. The number of methoxy groups -OCH3 is 1. The van der Waals surface area contributed by atoms with Crippen LogP contribution in [0, 0.1) is 5.92 Å². The third-order valence-corrected chi connectivity index (χ3v) is 3.39. The topological polar surface area (TPSA) is 58.6 Å². The van der Waals surface area contributed by atoms with Crippen molar-refractivity contribution in [3.05, 3.63) is 23.2 Å². The van der Waals surface area contributed by atoms with Gasteiger partial charge in [0.1, 0.15) is 5.75 Å². The molecule has 0 spiro atoms. The molecule has 2 amide bonds. The fraction of sp³-hybridized carbons (Fsp3) is 0.500. The predicted octanol–water partition coefficient (Wildman–Crippen LogP) is 2.86. The average Bonchev–Trinajstić information content (AvgIpc) is 2.45. The Morgan fingerprint density at radius 3 is 2.55 bits per heavy atom. The number of anilines is 1. The molecule has 122 valence electrons. The minimum atomic E-state index is -0.141. The number of rotatable bonds is 7. The van der Waals surface area contributed by atoms with Crippen molar-refractivity contribution in [3.63, 3.8) is 0 Å². The molecule has 6 heteroatoms. The maximum atomic E-state index is 11.8. The van der Waals surface area contributed by atoms with E-state index in [9.17, 15) is 9.59 Å². The Bertz CT molecular complexity index is 532. The molecule has 0 fully saturated rings. The van der Waals surface area contributed by atoms with Crippen molar-refractivity contribution in [1.29, 1.82) is 0 Å². The summed E-state index contributed by atoms with van der Waals surface area (Å²) >= 11 is 6.08. The molecule has 0 aliphatic carbocycles. The third kappa shape index (κ3) is 5.56. The lowest BCUT2D eigenvalue weighted by atomic mass is 10.2. The predicted molar refractivity (Wildman–Crippen MR) is 88.5 cm³/mol. The summed E-state index contributed by atoms with van der Waals surface area (Å²) in [4.78, 5) is 25.1. The molecule has 0 radical (unpaired) electrons. The molecule has 0 saturated heterocycles. The van der Waals surface area contributed by atoms with Gasteiger partial charge in [-0.2, -0.15) is 0 Å². The molecule has 5 nitrogen and oxygen atoms in total. The number of carbonyl (C=O) groups excluding carboxylic acids is 2. The Labute approximate surface area is 136 Å². The van der Waals surface area contributed by atoms with E-state index in [4.69, 9.17) is 16.3 Å². The van der Waals surface area contributed by atoms with E-state index < -0.39 is 0 Å². The van der Waals surface area contributed by atoms with Crippen LogP contribution in [0.5, 0.6) is 5.75 Å². The van der Waals surface area contributed by atoms with Gasteiger partial charge in [-0.3, -0.25) is 9.59 Å². The maximum absolute atomic E-state index is 11.8. The van der Waals surface area contributed by atoms with Gasteiger partial charge in [0.2, 0.25) is 11.8 Å².